The number of methoxy groups -OCH3 is 1. The molecule has 7 aliphatic rings. The van der Waals surface area contributed by atoms with Crippen molar-refractivity contribution < 1.29 is 27.6 Å². The Morgan fingerprint density at radius 1 is 1.16 bits per heavy atom. The lowest BCUT2D eigenvalue weighted by Gasteiger charge is -2.56. The number of rotatable bonds is 3. The van der Waals surface area contributed by atoms with Crippen LogP contribution in [0.3, 0.4) is 0 Å². The van der Waals surface area contributed by atoms with E-state index in [0.29, 0.717) is 48.3 Å². The van der Waals surface area contributed by atoms with Gasteiger partial charge >= 0.3 is 0 Å². The van der Waals surface area contributed by atoms with E-state index in [1.807, 2.05) is 32.2 Å². The largest absolute Gasteiger partial charge is 0.490 e. The first-order chi connectivity index (χ1) is 24.1. The molecule has 270 valence electrons. The van der Waals surface area contributed by atoms with Crippen LogP contribution in [-0.4, -0.2) is 85.5 Å². The summed E-state index contributed by atoms with van der Waals surface area (Å²) < 4.78 is 51.1. The highest BCUT2D eigenvalue weighted by Crippen LogP contribution is 2.54. The predicted molar refractivity (Wildman–Crippen MR) is 194 cm³/mol. The summed E-state index contributed by atoms with van der Waals surface area (Å²) in [5.41, 5.74) is 3.41. The summed E-state index contributed by atoms with van der Waals surface area (Å²) in [6, 6.07) is 9.21. The van der Waals surface area contributed by atoms with E-state index in [9.17, 15) is 9.00 Å². The number of ether oxygens (including phenoxy) is 3. The molecule has 4 heterocycles. The summed E-state index contributed by atoms with van der Waals surface area (Å²) in [6.07, 6.45) is 7.76. The fraction of sp³-hybridized carbons (Fsp3) is 0.615. The van der Waals surface area contributed by atoms with Crippen LogP contribution in [-0.2, 0) is 32.3 Å². The number of carbonyl (C=O) groups excluding carboxylic acids is 1. The Hall–Kier alpha value is -2.50. The molecule has 1 saturated carbocycles. The van der Waals surface area contributed by atoms with Crippen LogP contribution < -0.4 is 14.4 Å². The number of allylic oxidation sites excluding steroid dienone is 1. The molecule has 8 nitrogen and oxygen atoms in total. The van der Waals surface area contributed by atoms with Gasteiger partial charge in [-0.15, -0.1) is 0 Å². The molecule has 3 aliphatic carbocycles. The average molecular weight is 726 g/mol. The van der Waals surface area contributed by atoms with Gasteiger partial charge in [0.2, 0.25) is 0 Å². The molecule has 1 N–H and O–H groups in total. The third-order valence-electron chi connectivity index (χ3n) is 13.2. The monoisotopic (exact) mass is 725 g/mol. The Bertz CT molecular complexity index is 1720. The number of hydrogen-bond donors (Lipinski definition) is 1. The van der Waals surface area contributed by atoms with E-state index < -0.39 is 22.0 Å². The van der Waals surface area contributed by atoms with E-state index >= 15 is 4.39 Å². The van der Waals surface area contributed by atoms with Crippen LogP contribution in [0.2, 0.25) is 5.02 Å². The second-order valence-corrected chi connectivity index (χ2v) is 17.6. The number of fused-ring (bicyclic) bond motifs is 6. The van der Waals surface area contributed by atoms with Gasteiger partial charge in [0.25, 0.3) is 5.91 Å². The highest BCUT2D eigenvalue weighted by molar-refractivity contribution is 7.84. The SMILES string of the molecule is CO[C@@]1(CN2CCOCC2)C2=C[C@@H](C2)[C@H](C)[C@@H](C)S(=O)NC(=O)c2ccc3c(c2)N(C[C@@H]2CC[C@H]21)C[C@@]1(CCCc2c1ccc(Cl)c2F)CO3. The van der Waals surface area contributed by atoms with Crippen LogP contribution in [0.5, 0.6) is 5.75 Å². The fourth-order valence-electron chi connectivity index (χ4n) is 9.79. The van der Waals surface area contributed by atoms with E-state index in [0.717, 1.165) is 82.7 Å². The normalized spacial score (nSPS) is 35.7. The maximum Gasteiger partial charge on any atom is 0.263 e. The molecule has 1 amide bonds. The minimum atomic E-state index is -1.57. The van der Waals surface area contributed by atoms with Gasteiger partial charge < -0.3 is 19.1 Å². The molecule has 9 rings (SSSR count). The van der Waals surface area contributed by atoms with Gasteiger partial charge in [0.15, 0.2) is 0 Å². The first kappa shape index (κ1) is 34.6. The summed E-state index contributed by atoms with van der Waals surface area (Å²) in [6.45, 7) is 9.93. The molecular formula is C39H49ClFN3O5S. The van der Waals surface area contributed by atoms with E-state index in [1.54, 1.807) is 12.1 Å². The Morgan fingerprint density at radius 2 is 1.96 bits per heavy atom. The van der Waals surface area contributed by atoms with E-state index in [1.165, 1.54) is 5.57 Å². The molecule has 4 bridgehead atoms. The first-order valence-corrected chi connectivity index (χ1v) is 20.0. The van der Waals surface area contributed by atoms with Crippen molar-refractivity contribution in [2.45, 2.75) is 68.6 Å². The van der Waals surface area contributed by atoms with Crippen LogP contribution >= 0.6 is 11.6 Å². The summed E-state index contributed by atoms with van der Waals surface area (Å²) in [5, 5.41) is -0.0792. The number of anilines is 1. The zero-order valence-electron chi connectivity index (χ0n) is 29.4. The van der Waals surface area contributed by atoms with Crippen molar-refractivity contribution in [2.24, 2.45) is 23.7 Å². The molecule has 4 aliphatic heterocycles. The molecule has 11 heteroatoms. The third kappa shape index (κ3) is 5.81. The lowest BCUT2D eigenvalue weighted by Crippen LogP contribution is -2.61. The highest BCUT2D eigenvalue weighted by Gasteiger charge is 2.54. The van der Waals surface area contributed by atoms with Crippen molar-refractivity contribution in [1.29, 1.82) is 0 Å². The molecule has 1 saturated heterocycles. The number of amides is 1. The van der Waals surface area contributed by atoms with Gasteiger partial charge in [0, 0.05) is 50.8 Å². The lowest BCUT2D eigenvalue weighted by atomic mass is 9.58. The highest BCUT2D eigenvalue weighted by atomic mass is 35.5. The van der Waals surface area contributed by atoms with Crippen LogP contribution in [0.25, 0.3) is 0 Å². The summed E-state index contributed by atoms with van der Waals surface area (Å²) >= 11 is 6.30. The fourth-order valence-corrected chi connectivity index (χ4v) is 11.0. The second-order valence-electron chi connectivity index (χ2n) is 15.7. The molecule has 2 aromatic rings. The predicted octanol–water partition coefficient (Wildman–Crippen LogP) is 6.07. The number of morpholine rings is 1. The van der Waals surface area contributed by atoms with Gasteiger partial charge in [-0.2, -0.15) is 0 Å². The number of benzene rings is 2. The van der Waals surface area contributed by atoms with Crippen molar-refractivity contribution in [3.05, 3.63) is 69.5 Å². The third-order valence-corrected chi connectivity index (χ3v) is 15.0. The summed E-state index contributed by atoms with van der Waals surface area (Å²) in [4.78, 5) is 18.5. The standard InChI is InChI=1S/C39H49ClFN3O5S/c1-24-25(2)50(46)42-37(45)26-7-11-35-34(19-26)44(21-38(23-49-35)12-4-5-30-32(38)9-10-33(40)36(30)41)20-27-6-8-31(27)39(47-3,29-17-28(24)18-29)22-43-13-15-48-16-14-43/h7,9-11,17,19,24-25,27-28,31H,4-6,8,12-16,18,20-23H2,1-3H3,(H,42,45)/t24-,25-,27+,28+,31-,38+,39+,50?/m1/s1. The van der Waals surface area contributed by atoms with Gasteiger partial charge in [-0.25, -0.2) is 8.60 Å². The number of nitrogens with one attached hydrogen (secondary N) is 1. The van der Waals surface area contributed by atoms with Crippen LogP contribution in [0.1, 0.15) is 67.4 Å². The number of nitrogens with zero attached hydrogens (tertiary/aromatic N) is 2. The molecule has 2 fully saturated rings. The Balaban J connectivity index is 1.22. The number of carbonyl (C=O) groups is 1. The van der Waals surface area contributed by atoms with E-state index in [4.69, 9.17) is 25.8 Å². The quantitative estimate of drug-likeness (QED) is 0.385. The first-order valence-electron chi connectivity index (χ1n) is 18.4. The molecular weight excluding hydrogens is 677 g/mol. The number of hydrogen-bond acceptors (Lipinski definition) is 7. The molecule has 50 heavy (non-hydrogen) atoms. The second kappa shape index (κ2) is 13.5. The van der Waals surface area contributed by atoms with Crippen LogP contribution in [0, 0.1) is 29.5 Å². The zero-order valence-corrected chi connectivity index (χ0v) is 30.9. The minimum Gasteiger partial charge on any atom is -0.490 e. The molecule has 1 spiro atoms. The average Bonchev–Trinajstić information content (AvgIpc) is 3.24. The maximum atomic E-state index is 15.5. The van der Waals surface area contributed by atoms with Crippen molar-refractivity contribution >= 4 is 34.2 Å². The molecule has 0 radical (unpaired) electrons. The van der Waals surface area contributed by atoms with E-state index in [2.05, 4.69) is 27.5 Å². The van der Waals surface area contributed by atoms with Gasteiger partial charge in [-0.05, 0) is 110 Å². The van der Waals surface area contributed by atoms with Crippen molar-refractivity contribution in [2.75, 3.05) is 64.6 Å². The van der Waals surface area contributed by atoms with Gasteiger partial charge in [-0.1, -0.05) is 30.7 Å². The topological polar surface area (TPSA) is 80.3 Å². The van der Waals surface area contributed by atoms with Crippen molar-refractivity contribution in [1.82, 2.24) is 9.62 Å². The molecule has 8 atom stereocenters. The van der Waals surface area contributed by atoms with Gasteiger partial charge in [0.05, 0.1) is 35.8 Å². The summed E-state index contributed by atoms with van der Waals surface area (Å²) in [5.74, 6) is 1.03. The Morgan fingerprint density at radius 3 is 2.70 bits per heavy atom. The van der Waals surface area contributed by atoms with E-state index in [-0.39, 0.29) is 33.8 Å². The summed E-state index contributed by atoms with van der Waals surface area (Å²) in [7, 11) is 0.315. The van der Waals surface area contributed by atoms with Crippen molar-refractivity contribution in [3.8, 4) is 5.75 Å². The lowest BCUT2D eigenvalue weighted by molar-refractivity contribution is -0.113. The Kier molecular flexibility index (Phi) is 9.32. The molecule has 2 aromatic carbocycles. The van der Waals surface area contributed by atoms with Gasteiger partial charge in [0.1, 0.15) is 28.2 Å². The zero-order chi connectivity index (χ0) is 34.8. The van der Waals surface area contributed by atoms with Gasteiger partial charge in [-0.3, -0.25) is 14.4 Å². The minimum absolute atomic E-state index is 0.119. The van der Waals surface area contributed by atoms with Crippen LogP contribution in [0.4, 0.5) is 10.1 Å². The molecule has 0 aromatic heterocycles. The Labute approximate surface area is 302 Å². The number of halogens is 2. The smallest absolute Gasteiger partial charge is 0.263 e. The maximum absolute atomic E-state index is 15.5. The van der Waals surface area contributed by atoms with Crippen LogP contribution in [0.15, 0.2) is 42.0 Å². The van der Waals surface area contributed by atoms with Crippen molar-refractivity contribution in [3.63, 3.8) is 0 Å². The molecule has 1 unspecified atom stereocenters.